The number of anilines is 1. The summed E-state index contributed by atoms with van der Waals surface area (Å²) in [6, 6.07) is 14.9. The molecule has 1 aliphatic heterocycles. The van der Waals surface area contributed by atoms with Crippen molar-refractivity contribution in [3.63, 3.8) is 0 Å². The minimum Gasteiger partial charge on any atom is -0.454 e. The van der Waals surface area contributed by atoms with Gasteiger partial charge >= 0.3 is 0 Å². The second-order valence-corrected chi connectivity index (χ2v) is 8.35. The van der Waals surface area contributed by atoms with Crippen molar-refractivity contribution in [2.24, 2.45) is 0 Å². The molecule has 0 saturated carbocycles. The maximum Gasteiger partial charge on any atom is 0.260 e. The summed E-state index contributed by atoms with van der Waals surface area (Å²) >= 11 is 4.86. The maximum atomic E-state index is 13.3. The van der Waals surface area contributed by atoms with Gasteiger partial charge in [-0.1, -0.05) is 33.3 Å². The van der Waals surface area contributed by atoms with E-state index >= 15 is 0 Å². The van der Waals surface area contributed by atoms with Gasteiger partial charge in [0, 0.05) is 34.6 Å². The van der Waals surface area contributed by atoms with Gasteiger partial charge in [-0.15, -0.1) is 0 Å². The average Bonchev–Trinajstić information content (AvgIpc) is 3.36. The minimum absolute atomic E-state index is 0.125. The van der Waals surface area contributed by atoms with Crippen molar-refractivity contribution in [2.75, 3.05) is 11.7 Å². The molecule has 3 heterocycles. The van der Waals surface area contributed by atoms with Crippen LogP contribution in [-0.4, -0.2) is 22.7 Å². The smallest absolute Gasteiger partial charge is 0.260 e. The molecule has 0 N–H and O–H groups in total. The average molecular weight is 468 g/mol. The number of amides is 1. The van der Waals surface area contributed by atoms with E-state index in [4.69, 9.17) is 14.5 Å². The van der Waals surface area contributed by atoms with E-state index in [2.05, 4.69) is 20.9 Å². The van der Waals surface area contributed by atoms with Crippen molar-refractivity contribution in [1.29, 1.82) is 0 Å². The quantitative estimate of drug-likeness (QED) is 0.421. The van der Waals surface area contributed by atoms with Gasteiger partial charge in [0.1, 0.15) is 0 Å². The molecule has 0 aliphatic carbocycles. The number of hydrogen-bond donors (Lipinski definition) is 0. The molecule has 0 atom stereocenters. The van der Waals surface area contributed by atoms with Gasteiger partial charge in [0.15, 0.2) is 16.6 Å². The van der Waals surface area contributed by atoms with Gasteiger partial charge in [-0.2, -0.15) is 0 Å². The molecule has 1 aliphatic rings. The summed E-state index contributed by atoms with van der Waals surface area (Å²) < 4.78 is 12.8. The third kappa shape index (κ3) is 3.56. The summed E-state index contributed by atoms with van der Waals surface area (Å²) in [7, 11) is 0. The van der Waals surface area contributed by atoms with Gasteiger partial charge in [0.05, 0.1) is 16.8 Å². The van der Waals surface area contributed by atoms with E-state index in [9.17, 15) is 4.79 Å². The molecular formula is C21H14BrN3O3S. The number of hydrogen-bond acceptors (Lipinski definition) is 6. The van der Waals surface area contributed by atoms with Crippen molar-refractivity contribution >= 4 is 48.5 Å². The number of aromatic nitrogens is 2. The molecule has 2 aromatic carbocycles. The Kier molecular flexibility index (Phi) is 4.65. The number of thiazole rings is 1. The molecule has 29 heavy (non-hydrogen) atoms. The van der Waals surface area contributed by atoms with Crippen molar-refractivity contribution < 1.29 is 14.3 Å². The van der Waals surface area contributed by atoms with Crippen molar-refractivity contribution in [3.8, 4) is 11.5 Å². The first-order chi connectivity index (χ1) is 14.2. The van der Waals surface area contributed by atoms with Crippen LogP contribution < -0.4 is 14.4 Å². The SMILES string of the molecule is O=C(c1ccc(Br)cc1)N(Cc1cccnc1)c1nc2cc3c(cc2s1)OCO3. The van der Waals surface area contributed by atoms with Gasteiger partial charge in [0.2, 0.25) is 6.79 Å². The molecule has 5 rings (SSSR count). The molecule has 144 valence electrons. The van der Waals surface area contributed by atoms with E-state index in [1.54, 1.807) is 29.4 Å². The predicted octanol–water partition coefficient (Wildman–Crippen LogP) is 5.03. The van der Waals surface area contributed by atoms with Crippen LogP contribution in [0.25, 0.3) is 10.2 Å². The lowest BCUT2D eigenvalue weighted by Gasteiger charge is -2.20. The van der Waals surface area contributed by atoms with Crippen LogP contribution in [0.2, 0.25) is 0 Å². The first-order valence-corrected chi connectivity index (χ1v) is 10.4. The summed E-state index contributed by atoms with van der Waals surface area (Å²) in [5, 5.41) is 0.612. The van der Waals surface area contributed by atoms with Crippen LogP contribution in [-0.2, 0) is 6.54 Å². The Hall–Kier alpha value is -2.97. The standard InChI is InChI=1S/C21H14BrN3O3S/c22-15-5-3-14(4-6-15)20(26)25(11-13-2-1-7-23-10-13)21-24-16-8-17-18(28-12-27-17)9-19(16)29-21/h1-10H,11-12H2. The molecule has 0 spiro atoms. The largest absolute Gasteiger partial charge is 0.454 e. The number of ether oxygens (including phenoxy) is 2. The zero-order valence-electron chi connectivity index (χ0n) is 15.0. The number of carbonyl (C=O) groups excluding carboxylic acids is 1. The Labute approximate surface area is 178 Å². The highest BCUT2D eigenvalue weighted by Crippen LogP contribution is 2.40. The monoisotopic (exact) mass is 467 g/mol. The molecule has 0 unspecified atom stereocenters. The van der Waals surface area contributed by atoms with Crippen molar-refractivity contribution in [3.05, 3.63) is 76.5 Å². The molecule has 6 nitrogen and oxygen atoms in total. The Morgan fingerprint density at radius 3 is 2.69 bits per heavy atom. The number of nitrogens with zero attached hydrogens (tertiary/aromatic N) is 3. The molecule has 0 fully saturated rings. The summed E-state index contributed by atoms with van der Waals surface area (Å²) in [6.07, 6.45) is 3.47. The highest BCUT2D eigenvalue weighted by molar-refractivity contribution is 9.10. The number of carbonyl (C=O) groups is 1. The highest BCUT2D eigenvalue weighted by Gasteiger charge is 2.23. The van der Waals surface area contributed by atoms with Gasteiger partial charge < -0.3 is 9.47 Å². The number of benzene rings is 2. The van der Waals surface area contributed by atoms with E-state index in [1.165, 1.54) is 11.3 Å². The number of rotatable bonds is 4. The van der Waals surface area contributed by atoms with Gasteiger partial charge in [-0.3, -0.25) is 14.7 Å². The second-order valence-electron chi connectivity index (χ2n) is 6.43. The molecular weight excluding hydrogens is 454 g/mol. The van der Waals surface area contributed by atoms with Crippen LogP contribution >= 0.6 is 27.3 Å². The third-order valence-electron chi connectivity index (χ3n) is 4.50. The predicted molar refractivity (Wildman–Crippen MR) is 115 cm³/mol. The molecule has 0 bridgehead atoms. The lowest BCUT2D eigenvalue weighted by molar-refractivity contribution is 0.0985. The normalized spacial score (nSPS) is 12.3. The minimum atomic E-state index is -0.125. The fraction of sp³-hybridized carbons (Fsp3) is 0.0952. The zero-order chi connectivity index (χ0) is 19.8. The zero-order valence-corrected chi connectivity index (χ0v) is 17.4. The first kappa shape index (κ1) is 18.1. The van der Waals surface area contributed by atoms with Crippen LogP contribution in [0, 0.1) is 0 Å². The number of pyridine rings is 1. The molecule has 4 aromatic rings. The number of halogens is 1. The maximum absolute atomic E-state index is 13.3. The van der Waals surface area contributed by atoms with Gasteiger partial charge in [0.25, 0.3) is 5.91 Å². The van der Waals surface area contributed by atoms with Crippen molar-refractivity contribution in [1.82, 2.24) is 9.97 Å². The summed E-state index contributed by atoms with van der Waals surface area (Å²) in [5.74, 6) is 1.25. The second kappa shape index (κ2) is 7.46. The van der Waals surface area contributed by atoms with Crippen LogP contribution in [0.1, 0.15) is 15.9 Å². The first-order valence-electron chi connectivity index (χ1n) is 8.84. The Balaban J connectivity index is 1.56. The van der Waals surface area contributed by atoms with E-state index in [1.807, 2.05) is 36.4 Å². The Morgan fingerprint density at radius 2 is 1.93 bits per heavy atom. The fourth-order valence-corrected chi connectivity index (χ4v) is 4.31. The van der Waals surface area contributed by atoms with Crippen LogP contribution in [0.15, 0.2) is 65.4 Å². The summed E-state index contributed by atoms with van der Waals surface area (Å²) in [4.78, 5) is 23.9. The lowest BCUT2D eigenvalue weighted by Crippen LogP contribution is -2.30. The Bertz CT molecular complexity index is 1150. The van der Waals surface area contributed by atoms with E-state index < -0.39 is 0 Å². The highest BCUT2D eigenvalue weighted by atomic mass is 79.9. The van der Waals surface area contributed by atoms with Crippen LogP contribution in [0.3, 0.4) is 0 Å². The molecule has 1 amide bonds. The summed E-state index contributed by atoms with van der Waals surface area (Å²) in [6.45, 7) is 0.587. The third-order valence-corrected chi connectivity index (χ3v) is 6.07. The van der Waals surface area contributed by atoms with Crippen molar-refractivity contribution in [2.45, 2.75) is 6.54 Å². The van der Waals surface area contributed by atoms with E-state index in [-0.39, 0.29) is 12.7 Å². The molecule has 0 radical (unpaired) electrons. The van der Waals surface area contributed by atoms with E-state index in [0.717, 1.165) is 20.3 Å². The lowest BCUT2D eigenvalue weighted by atomic mass is 10.2. The fourth-order valence-electron chi connectivity index (χ4n) is 3.07. The molecule has 2 aromatic heterocycles. The molecule has 0 saturated heterocycles. The Morgan fingerprint density at radius 1 is 1.14 bits per heavy atom. The topological polar surface area (TPSA) is 64.6 Å². The summed E-state index contributed by atoms with van der Waals surface area (Å²) in [5.41, 5.74) is 2.28. The van der Waals surface area contributed by atoms with E-state index in [0.29, 0.717) is 28.7 Å². The molecule has 8 heteroatoms. The van der Waals surface area contributed by atoms with Crippen LogP contribution in [0.4, 0.5) is 5.13 Å². The number of fused-ring (bicyclic) bond motifs is 2. The van der Waals surface area contributed by atoms with Gasteiger partial charge in [-0.25, -0.2) is 4.98 Å². The van der Waals surface area contributed by atoms with Gasteiger partial charge in [-0.05, 0) is 35.9 Å². The van der Waals surface area contributed by atoms with Crippen LogP contribution in [0.5, 0.6) is 11.5 Å².